The molecule has 1 amide bonds. The van der Waals surface area contributed by atoms with Crippen molar-refractivity contribution in [1.82, 2.24) is 5.32 Å². The van der Waals surface area contributed by atoms with E-state index in [2.05, 4.69) is 0 Å². The highest BCUT2D eigenvalue weighted by Crippen LogP contribution is 2.27. The van der Waals surface area contributed by atoms with E-state index >= 15 is 0 Å². The predicted octanol–water partition coefficient (Wildman–Crippen LogP) is -0.823. The minimum absolute atomic E-state index is 0.567. The van der Waals surface area contributed by atoms with Gasteiger partial charge in [-0.2, -0.15) is 13.2 Å². The number of esters is 3. The quantitative estimate of drug-likeness (QED) is 0.447. The van der Waals surface area contributed by atoms with Crippen LogP contribution in [-0.4, -0.2) is 72.3 Å². The monoisotopic (exact) mass is 401 g/mol. The number of aliphatic hydroxyl groups excluding tert-OH is 1. The van der Waals surface area contributed by atoms with Gasteiger partial charge in [0.05, 0.1) is 0 Å². The van der Waals surface area contributed by atoms with Crippen molar-refractivity contribution in [2.45, 2.75) is 57.6 Å². The summed E-state index contributed by atoms with van der Waals surface area (Å²) in [5, 5.41) is 11.4. The molecule has 1 rings (SSSR count). The molecule has 1 fully saturated rings. The molecule has 1 aliphatic heterocycles. The van der Waals surface area contributed by atoms with Crippen molar-refractivity contribution in [3.8, 4) is 0 Å². The van der Waals surface area contributed by atoms with Gasteiger partial charge in [0.2, 0.25) is 0 Å². The van der Waals surface area contributed by atoms with Gasteiger partial charge in [0.1, 0.15) is 18.8 Å². The number of carbonyl (C=O) groups is 4. The Morgan fingerprint density at radius 2 is 1.52 bits per heavy atom. The molecule has 1 heterocycles. The maximum atomic E-state index is 12.5. The highest BCUT2D eigenvalue weighted by atomic mass is 19.4. The Labute approximate surface area is 150 Å². The number of hydrogen-bond donors (Lipinski definition) is 2. The van der Waals surface area contributed by atoms with Crippen LogP contribution in [0.4, 0.5) is 13.2 Å². The molecule has 0 aliphatic carbocycles. The molecule has 0 aromatic carbocycles. The number of amides is 1. The summed E-state index contributed by atoms with van der Waals surface area (Å²) in [5.74, 6) is -5.12. The standard InChI is InChI=1S/C14H18F3NO9/c1-5(19)24-4-8-10(25-6(2)20)11(26-7(3)21)9(12(22)27-8)18-13(23)14(15,16)17/h8-12,22H,4H2,1-3H3,(H,18,23)/t8?,9?,10-,11-,12+/m1/s1. The van der Waals surface area contributed by atoms with Crippen molar-refractivity contribution in [3.05, 3.63) is 0 Å². The molecule has 1 aliphatic rings. The zero-order chi connectivity index (χ0) is 20.9. The third-order valence-electron chi connectivity index (χ3n) is 3.28. The largest absolute Gasteiger partial charge is 0.471 e. The lowest BCUT2D eigenvalue weighted by Gasteiger charge is -2.43. The van der Waals surface area contributed by atoms with Crippen LogP contribution in [0.1, 0.15) is 20.8 Å². The lowest BCUT2D eigenvalue weighted by atomic mass is 9.96. The van der Waals surface area contributed by atoms with E-state index in [9.17, 15) is 37.5 Å². The van der Waals surface area contributed by atoms with Gasteiger partial charge in [-0.1, -0.05) is 0 Å². The zero-order valence-corrected chi connectivity index (χ0v) is 14.4. The van der Waals surface area contributed by atoms with Crippen molar-refractivity contribution in [2.24, 2.45) is 0 Å². The van der Waals surface area contributed by atoms with Crippen LogP contribution in [0, 0.1) is 0 Å². The van der Waals surface area contributed by atoms with Gasteiger partial charge in [0.25, 0.3) is 0 Å². The van der Waals surface area contributed by atoms with Crippen LogP contribution in [0.15, 0.2) is 0 Å². The fraction of sp³-hybridized carbons (Fsp3) is 0.714. The third-order valence-corrected chi connectivity index (χ3v) is 3.28. The van der Waals surface area contributed by atoms with Gasteiger partial charge in [-0.25, -0.2) is 0 Å². The predicted molar refractivity (Wildman–Crippen MR) is 76.6 cm³/mol. The normalized spacial score (nSPS) is 28.0. The highest BCUT2D eigenvalue weighted by molar-refractivity contribution is 5.82. The lowest BCUT2D eigenvalue weighted by Crippen LogP contribution is -2.67. The van der Waals surface area contributed by atoms with Crippen molar-refractivity contribution < 1.29 is 56.4 Å². The molecule has 0 saturated carbocycles. The second kappa shape index (κ2) is 8.99. The van der Waals surface area contributed by atoms with Gasteiger partial charge in [0, 0.05) is 20.8 Å². The van der Waals surface area contributed by atoms with Crippen molar-refractivity contribution in [3.63, 3.8) is 0 Å². The summed E-state index contributed by atoms with van der Waals surface area (Å²) in [6, 6.07) is -1.92. The molecule has 0 aromatic rings. The van der Waals surface area contributed by atoms with E-state index < -0.39 is 67.2 Å². The number of aliphatic hydroxyl groups is 1. The summed E-state index contributed by atoms with van der Waals surface area (Å²) in [5.41, 5.74) is 0. The topological polar surface area (TPSA) is 137 Å². The summed E-state index contributed by atoms with van der Waals surface area (Å²) in [7, 11) is 0. The molecule has 0 bridgehead atoms. The van der Waals surface area contributed by atoms with Gasteiger partial charge in [-0.15, -0.1) is 0 Å². The molecule has 2 unspecified atom stereocenters. The van der Waals surface area contributed by atoms with Crippen LogP contribution in [0.2, 0.25) is 0 Å². The van der Waals surface area contributed by atoms with Gasteiger partial charge < -0.3 is 29.4 Å². The number of nitrogens with one attached hydrogen (secondary N) is 1. The Hall–Kier alpha value is -2.41. The first-order chi connectivity index (χ1) is 12.3. The average molecular weight is 401 g/mol. The van der Waals surface area contributed by atoms with E-state index in [0.29, 0.717) is 0 Å². The maximum absolute atomic E-state index is 12.5. The first kappa shape index (κ1) is 22.6. The molecule has 13 heteroatoms. The summed E-state index contributed by atoms with van der Waals surface area (Å²) >= 11 is 0. The van der Waals surface area contributed by atoms with Crippen molar-refractivity contribution in [1.29, 1.82) is 0 Å². The van der Waals surface area contributed by atoms with Gasteiger partial charge >= 0.3 is 30.0 Å². The van der Waals surface area contributed by atoms with E-state index in [0.717, 1.165) is 20.8 Å². The second-order valence-corrected chi connectivity index (χ2v) is 5.51. The Bertz CT molecular complexity index is 595. The van der Waals surface area contributed by atoms with Crippen LogP contribution in [0.5, 0.6) is 0 Å². The van der Waals surface area contributed by atoms with Gasteiger partial charge in [-0.05, 0) is 0 Å². The molecule has 27 heavy (non-hydrogen) atoms. The minimum atomic E-state index is -5.30. The Balaban J connectivity index is 3.18. The number of ether oxygens (including phenoxy) is 4. The fourth-order valence-electron chi connectivity index (χ4n) is 2.31. The van der Waals surface area contributed by atoms with Crippen LogP contribution in [-0.2, 0) is 38.1 Å². The molecule has 10 nitrogen and oxygen atoms in total. The molecule has 0 aromatic heterocycles. The second-order valence-electron chi connectivity index (χ2n) is 5.51. The number of carbonyl (C=O) groups excluding carboxylic acids is 4. The van der Waals surface area contributed by atoms with E-state index in [-0.39, 0.29) is 0 Å². The maximum Gasteiger partial charge on any atom is 0.471 e. The average Bonchev–Trinajstić information content (AvgIpc) is 2.49. The molecule has 154 valence electrons. The van der Waals surface area contributed by atoms with Gasteiger partial charge in [0.15, 0.2) is 18.5 Å². The summed E-state index contributed by atoms with van der Waals surface area (Å²) in [6.45, 7) is 2.36. The number of rotatable bonds is 5. The van der Waals surface area contributed by atoms with Crippen molar-refractivity contribution in [2.75, 3.05) is 6.61 Å². The number of halogens is 3. The summed E-state index contributed by atoms with van der Waals surface area (Å²) in [4.78, 5) is 44.9. The molecule has 2 N–H and O–H groups in total. The first-order valence-corrected chi connectivity index (χ1v) is 7.52. The Morgan fingerprint density at radius 3 is 1.96 bits per heavy atom. The number of alkyl halides is 3. The molecule has 0 radical (unpaired) electrons. The van der Waals surface area contributed by atoms with E-state index in [4.69, 9.17) is 18.9 Å². The molecular weight excluding hydrogens is 383 g/mol. The Kier molecular flexibility index (Phi) is 7.54. The molecule has 0 spiro atoms. The SMILES string of the molecule is CC(=O)OCC1O[C@H](O)C(NC(=O)C(F)(F)F)[C@@H](OC(C)=O)[C@@H]1OC(C)=O. The molecular formula is C14H18F3NO9. The fourth-order valence-corrected chi connectivity index (χ4v) is 2.31. The number of hydrogen-bond acceptors (Lipinski definition) is 9. The minimum Gasteiger partial charge on any atom is -0.463 e. The summed E-state index contributed by atoms with van der Waals surface area (Å²) in [6.07, 6.45) is -12.1. The zero-order valence-electron chi connectivity index (χ0n) is 14.4. The van der Waals surface area contributed by atoms with Gasteiger partial charge in [-0.3, -0.25) is 19.2 Å². The Morgan fingerprint density at radius 1 is 1.00 bits per heavy atom. The van der Waals surface area contributed by atoms with E-state index in [1.165, 1.54) is 5.32 Å². The van der Waals surface area contributed by atoms with Crippen LogP contribution in [0.3, 0.4) is 0 Å². The molecule has 1 saturated heterocycles. The van der Waals surface area contributed by atoms with Crippen LogP contribution >= 0.6 is 0 Å². The van der Waals surface area contributed by atoms with Crippen LogP contribution < -0.4 is 5.32 Å². The molecule has 5 atom stereocenters. The summed E-state index contributed by atoms with van der Waals surface area (Å²) < 4.78 is 57.1. The van der Waals surface area contributed by atoms with E-state index in [1.807, 2.05) is 0 Å². The van der Waals surface area contributed by atoms with Crippen LogP contribution in [0.25, 0.3) is 0 Å². The first-order valence-electron chi connectivity index (χ1n) is 7.52. The smallest absolute Gasteiger partial charge is 0.463 e. The van der Waals surface area contributed by atoms with Crippen molar-refractivity contribution >= 4 is 23.8 Å². The van der Waals surface area contributed by atoms with E-state index in [1.54, 1.807) is 0 Å². The lowest BCUT2D eigenvalue weighted by molar-refractivity contribution is -0.266. The highest BCUT2D eigenvalue weighted by Gasteiger charge is 2.52. The third kappa shape index (κ3) is 6.67.